The van der Waals surface area contributed by atoms with E-state index in [0.29, 0.717) is 16.3 Å². The Bertz CT molecular complexity index is 319. The molecule has 0 atom stereocenters. The monoisotopic (exact) mass is 201 g/mol. The zero-order valence-electron chi connectivity index (χ0n) is 6.05. The Hall–Kier alpha value is -0.910. The van der Waals surface area contributed by atoms with E-state index < -0.39 is 0 Å². The number of alkyl halides is 1. The zero-order valence-corrected chi connectivity index (χ0v) is 7.56. The Labute approximate surface area is 80.3 Å². The van der Waals surface area contributed by atoms with Crippen LogP contribution in [0.4, 0.5) is 0 Å². The topological polar surface area (TPSA) is 33.0 Å². The molecule has 0 aliphatic heterocycles. The van der Waals surface area contributed by atoms with Crippen LogP contribution in [0, 0.1) is 11.3 Å². The average Bonchev–Trinajstić information content (AvgIpc) is 2.05. The summed E-state index contributed by atoms with van der Waals surface area (Å²) < 4.78 is 4.97. The number of nitrogens with zero attached hydrogens (tertiary/aromatic N) is 1. The van der Waals surface area contributed by atoms with E-state index in [4.69, 9.17) is 33.2 Å². The molecule has 0 saturated carbocycles. The molecule has 0 spiro atoms. The first kappa shape index (κ1) is 9.18. The molecule has 0 unspecified atom stereocenters. The van der Waals surface area contributed by atoms with E-state index >= 15 is 0 Å². The van der Waals surface area contributed by atoms with Crippen LogP contribution in [0.15, 0.2) is 18.2 Å². The summed E-state index contributed by atoms with van der Waals surface area (Å²) in [6.45, 7) is 0. The summed E-state index contributed by atoms with van der Waals surface area (Å²) in [4.78, 5) is 0. The predicted octanol–water partition coefficient (Wildman–Crippen LogP) is 2.79. The largest absolute Gasteiger partial charge is 0.476 e. The van der Waals surface area contributed by atoms with Crippen LogP contribution in [0.25, 0.3) is 0 Å². The van der Waals surface area contributed by atoms with Crippen molar-refractivity contribution < 1.29 is 4.74 Å². The minimum atomic E-state index is 0.00895. The first-order chi connectivity index (χ1) is 5.77. The number of halogens is 2. The van der Waals surface area contributed by atoms with E-state index in [1.807, 2.05) is 6.07 Å². The van der Waals surface area contributed by atoms with Crippen molar-refractivity contribution in [1.82, 2.24) is 0 Å². The summed E-state index contributed by atoms with van der Waals surface area (Å²) in [5.41, 5.74) is 0.431. The lowest BCUT2D eigenvalue weighted by Gasteiger charge is -2.03. The van der Waals surface area contributed by atoms with Crippen molar-refractivity contribution in [3.63, 3.8) is 0 Å². The number of nitriles is 1. The molecule has 4 heteroatoms. The van der Waals surface area contributed by atoms with Crippen molar-refractivity contribution in [3.8, 4) is 11.8 Å². The molecular weight excluding hydrogens is 197 g/mol. The van der Waals surface area contributed by atoms with Crippen molar-refractivity contribution >= 4 is 23.2 Å². The predicted molar refractivity (Wildman–Crippen MR) is 47.5 cm³/mol. The molecule has 0 aromatic heterocycles. The van der Waals surface area contributed by atoms with Gasteiger partial charge in [0.2, 0.25) is 0 Å². The molecule has 0 amide bonds. The zero-order chi connectivity index (χ0) is 8.97. The van der Waals surface area contributed by atoms with Gasteiger partial charge in [0.05, 0.1) is 5.56 Å². The quantitative estimate of drug-likeness (QED) is 0.690. The lowest BCUT2D eigenvalue weighted by atomic mass is 10.2. The van der Waals surface area contributed by atoms with E-state index in [9.17, 15) is 0 Å². The Morgan fingerprint density at radius 3 is 2.83 bits per heavy atom. The van der Waals surface area contributed by atoms with Gasteiger partial charge in [-0.1, -0.05) is 23.2 Å². The normalized spacial score (nSPS) is 9.08. The van der Waals surface area contributed by atoms with Crippen LogP contribution < -0.4 is 4.74 Å². The van der Waals surface area contributed by atoms with Crippen molar-refractivity contribution in [1.29, 1.82) is 5.26 Å². The minimum absolute atomic E-state index is 0.00895. The number of hydrogen-bond acceptors (Lipinski definition) is 2. The van der Waals surface area contributed by atoms with Gasteiger partial charge in [-0.3, -0.25) is 0 Å². The molecule has 0 bridgehead atoms. The highest BCUT2D eigenvalue weighted by atomic mass is 35.5. The van der Waals surface area contributed by atoms with Gasteiger partial charge in [-0.25, -0.2) is 0 Å². The molecule has 2 nitrogen and oxygen atoms in total. The molecule has 0 saturated heterocycles. The van der Waals surface area contributed by atoms with Gasteiger partial charge in [-0.2, -0.15) is 5.26 Å². The van der Waals surface area contributed by atoms with Crippen molar-refractivity contribution in [3.05, 3.63) is 28.8 Å². The third-order valence-corrected chi connectivity index (χ3v) is 1.62. The van der Waals surface area contributed by atoms with Gasteiger partial charge in [-0.15, -0.1) is 0 Å². The van der Waals surface area contributed by atoms with Gasteiger partial charge < -0.3 is 4.74 Å². The van der Waals surface area contributed by atoms with Gasteiger partial charge in [-0.05, 0) is 12.1 Å². The van der Waals surface area contributed by atoms with Crippen LogP contribution in [-0.2, 0) is 0 Å². The van der Waals surface area contributed by atoms with Crippen molar-refractivity contribution in [2.75, 3.05) is 6.07 Å². The SMILES string of the molecule is N#Cc1ccc(Cl)cc1OCCl. The molecule has 62 valence electrons. The summed E-state index contributed by atoms with van der Waals surface area (Å²) >= 11 is 11.0. The fourth-order valence-corrected chi connectivity index (χ4v) is 1.05. The number of rotatable bonds is 2. The number of benzene rings is 1. The summed E-state index contributed by atoms with van der Waals surface area (Å²) in [6.07, 6.45) is 0. The molecule has 0 N–H and O–H groups in total. The molecule has 1 aromatic rings. The molecule has 1 aromatic carbocycles. The molecule has 0 aliphatic rings. The maximum absolute atomic E-state index is 8.62. The summed E-state index contributed by atoms with van der Waals surface area (Å²) in [6, 6.07) is 6.75. The lowest BCUT2D eigenvalue weighted by Crippen LogP contribution is -1.91. The van der Waals surface area contributed by atoms with E-state index in [-0.39, 0.29) is 6.07 Å². The molecule has 1 rings (SSSR count). The van der Waals surface area contributed by atoms with E-state index in [0.717, 1.165) is 0 Å². The second-order valence-electron chi connectivity index (χ2n) is 2.01. The Kier molecular flexibility index (Phi) is 3.21. The molecule has 0 aliphatic carbocycles. The van der Waals surface area contributed by atoms with E-state index in [1.165, 1.54) is 0 Å². The van der Waals surface area contributed by atoms with Crippen LogP contribution in [0.3, 0.4) is 0 Å². The lowest BCUT2D eigenvalue weighted by molar-refractivity contribution is 0.387. The van der Waals surface area contributed by atoms with E-state index in [1.54, 1.807) is 18.2 Å². The fourth-order valence-electron chi connectivity index (χ4n) is 0.767. The third kappa shape index (κ3) is 2.04. The highest BCUT2D eigenvalue weighted by molar-refractivity contribution is 6.30. The van der Waals surface area contributed by atoms with Gasteiger partial charge in [0.15, 0.2) is 6.07 Å². The van der Waals surface area contributed by atoms with Crippen LogP contribution in [0.5, 0.6) is 5.75 Å². The Morgan fingerprint density at radius 2 is 2.25 bits per heavy atom. The molecule has 0 heterocycles. The maximum Gasteiger partial charge on any atom is 0.162 e. The van der Waals surface area contributed by atoms with Crippen molar-refractivity contribution in [2.24, 2.45) is 0 Å². The minimum Gasteiger partial charge on any atom is -0.476 e. The maximum atomic E-state index is 8.62. The first-order valence-corrected chi connectivity index (χ1v) is 4.07. The Morgan fingerprint density at radius 1 is 1.50 bits per heavy atom. The Balaban J connectivity index is 3.06. The fraction of sp³-hybridized carbons (Fsp3) is 0.125. The molecule has 0 fully saturated rings. The van der Waals surface area contributed by atoms with E-state index in [2.05, 4.69) is 0 Å². The first-order valence-electron chi connectivity index (χ1n) is 3.16. The second kappa shape index (κ2) is 4.20. The summed E-state index contributed by atoms with van der Waals surface area (Å²) in [7, 11) is 0. The average molecular weight is 202 g/mol. The van der Waals surface area contributed by atoms with Crippen LogP contribution in [0.2, 0.25) is 5.02 Å². The highest BCUT2D eigenvalue weighted by Gasteiger charge is 2.02. The second-order valence-corrected chi connectivity index (χ2v) is 2.66. The van der Waals surface area contributed by atoms with Gasteiger partial charge in [0, 0.05) is 11.1 Å². The number of hydrogen-bond donors (Lipinski definition) is 0. The van der Waals surface area contributed by atoms with Gasteiger partial charge in [0.25, 0.3) is 0 Å². The summed E-state index contributed by atoms with van der Waals surface area (Å²) in [5, 5.41) is 9.14. The van der Waals surface area contributed by atoms with Gasteiger partial charge >= 0.3 is 0 Å². The van der Waals surface area contributed by atoms with Crippen LogP contribution in [-0.4, -0.2) is 6.07 Å². The van der Waals surface area contributed by atoms with Crippen LogP contribution >= 0.6 is 23.2 Å². The van der Waals surface area contributed by atoms with Crippen LogP contribution in [0.1, 0.15) is 5.56 Å². The standard InChI is InChI=1S/C8H5Cl2NO/c9-5-12-8-3-7(10)2-1-6(8)4-11/h1-3H,5H2. The van der Waals surface area contributed by atoms with Crippen molar-refractivity contribution in [2.45, 2.75) is 0 Å². The number of ether oxygens (including phenoxy) is 1. The molecule has 0 radical (unpaired) electrons. The molecular formula is C8H5Cl2NO. The molecule has 12 heavy (non-hydrogen) atoms. The highest BCUT2D eigenvalue weighted by Crippen LogP contribution is 2.22. The summed E-state index contributed by atoms with van der Waals surface area (Å²) in [5.74, 6) is 0.417. The van der Waals surface area contributed by atoms with Gasteiger partial charge in [0.1, 0.15) is 11.8 Å². The third-order valence-electron chi connectivity index (χ3n) is 1.27. The smallest absolute Gasteiger partial charge is 0.162 e.